The minimum atomic E-state index is -3.96. The summed E-state index contributed by atoms with van der Waals surface area (Å²) in [6.07, 6.45) is 4.65. The quantitative estimate of drug-likeness (QED) is 0.353. The highest BCUT2D eigenvalue weighted by molar-refractivity contribution is 9.10. The molecule has 4 rings (SSSR count). The van der Waals surface area contributed by atoms with Crippen molar-refractivity contribution in [3.63, 3.8) is 0 Å². The van der Waals surface area contributed by atoms with Gasteiger partial charge in [0.05, 0.1) is 15.1 Å². The normalized spacial score (nSPS) is 22.2. The average molecular weight is 577 g/mol. The van der Waals surface area contributed by atoms with Crippen molar-refractivity contribution in [2.24, 2.45) is 5.92 Å². The van der Waals surface area contributed by atoms with Crippen LogP contribution in [0, 0.1) is 12.8 Å². The molecule has 1 heterocycles. The summed E-state index contributed by atoms with van der Waals surface area (Å²) >= 11 is 3.51. The Morgan fingerprint density at radius 2 is 1.78 bits per heavy atom. The Balaban J connectivity index is 1.97. The molecule has 0 unspecified atom stereocenters. The smallest absolute Gasteiger partial charge is 0.264 e. The Hall–Kier alpha value is -2.29. The van der Waals surface area contributed by atoms with E-state index in [2.05, 4.69) is 28.6 Å². The monoisotopic (exact) mass is 575 g/mol. The van der Waals surface area contributed by atoms with E-state index in [1.165, 1.54) is 9.88 Å². The third kappa shape index (κ3) is 4.59. The summed E-state index contributed by atoms with van der Waals surface area (Å²) < 4.78 is 29.0. The number of halogens is 1. The van der Waals surface area contributed by atoms with Gasteiger partial charge in [-0.1, -0.05) is 41.5 Å². The number of aromatic hydroxyl groups is 2. The van der Waals surface area contributed by atoms with Gasteiger partial charge in [-0.05, 0) is 86.4 Å². The Labute approximate surface area is 222 Å². The van der Waals surface area contributed by atoms with Crippen LogP contribution in [0.3, 0.4) is 0 Å². The van der Waals surface area contributed by atoms with Crippen LogP contribution in [-0.4, -0.2) is 36.9 Å². The number of aliphatic hydroxyl groups excluding tert-OH is 1. The Morgan fingerprint density at radius 1 is 1.11 bits per heavy atom. The largest absolute Gasteiger partial charge is 0.507 e. The highest BCUT2D eigenvalue weighted by Gasteiger charge is 2.41. The zero-order valence-corrected chi connectivity index (χ0v) is 23.4. The first-order chi connectivity index (χ1) is 17.0. The highest BCUT2D eigenvalue weighted by Crippen LogP contribution is 2.57. The van der Waals surface area contributed by atoms with Gasteiger partial charge in [0.15, 0.2) is 0 Å². The minimum Gasteiger partial charge on any atom is -0.507 e. The van der Waals surface area contributed by atoms with Gasteiger partial charge in [-0.15, -0.1) is 0 Å². The van der Waals surface area contributed by atoms with Gasteiger partial charge < -0.3 is 15.3 Å². The maximum atomic E-state index is 13.7. The number of anilines is 1. The van der Waals surface area contributed by atoms with Crippen LogP contribution in [0.25, 0.3) is 0 Å². The van der Waals surface area contributed by atoms with Gasteiger partial charge in [-0.25, -0.2) is 8.42 Å². The Bertz CT molecular complexity index is 1320. The molecule has 2 aromatic carbocycles. The maximum Gasteiger partial charge on any atom is 0.264 e. The van der Waals surface area contributed by atoms with E-state index in [1.807, 2.05) is 20.8 Å². The van der Waals surface area contributed by atoms with Gasteiger partial charge in [0.2, 0.25) is 0 Å². The van der Waals surface area contributed by atoms with Crippen molar-refractivity contribution >= 4 is 31.6 Å². The lowest BCUT2D eigenvalue weighted by atomic mass is 9.72. The molecule has 0 fully saturated rings. The van der Waals surface area contributed by atoms with E-state index in [4.69, 9.17) is 0 Å². The number of aryl methyl sites for hydroxylation is 1. The number of phenolic OH excluding ortho intramolecular Hbond substituents is 2. The van der Waals surface area contributed by atoms with E-state index < -0.39 is 10.0 Å². The zero-order valence-electron chi connectivity index (χ0n) is 21.0. The topological polar surface area (TPSA) is 98.1 Å². The van der Waals surface area contributed by atoms with Gasteiger partial charge in [-0.3, -0.25) is 4.31 Å². The second-order valence-corrected chi connectivity index (χ2v) is 12.8. The Morgan fingerprint density at radius 3 is 2.39 bits per heavy atom. The molecule has 0 saturated heterocycles. The lowest BCUT2D eigenvalue weighted by molar-refractivity contribution is 0.270. The molecule has 2 aliphatic rings. The first-order valence-corrected chi connectivity index (χ1v) is 14.5. The molecule has 2 aromatic rings. The van der Waals surface area contributed by atoms with Crippen LogP contribution in [0.2, 0.25) is 0 Å². The van der Waals surface area contributed by atoms with E-state index in [0.29, 0.717) is 24.0 Å². The van der Waals surface area contributed by atoms with Crippen LogP contribution in [0.15, 0.2) is 57.4 Å². The first-order valence-electron chi connectivity index (χ1n) is 12.3. The zero-order chi connectivity index (χ0) is 26.4. The number of aliphatic hydroxyl groups is 1. The van der Waals surface area contributed by atoms with E-state index in [-0.39, 0.29) is 57.5 Å². The molecule has 0 spiro atoms. The van der Waals surface area contributed by atoms with Crippen molar-refractivity contribution in [2.75, 3.05) is 17.5 Å². The molecule has 0 amide bonds. The van der Waals surface area contributed by atoms with Crippen molar-refractivity contribution < 1.29 is 23.7 Å². The van der Waals surface area contributed by atoms with Crippen molar-refractivity contribution in [3.8, 4) is 11.5 Å². The summed E-state index contributed by atoms with van der Waals surface area (Å²) in [4.78, 5) is 0.141. The fraction of sp³-hybridized carbons (Fsp3) is 0.429. The third-order valence-electron chi connectivity index (χ3n) is 7.57. The van der Waals surface area contributed by atoms with Gasteiger partial charge >= 0.3 is 0 Å². The molecule has 194 valence electrons. The predicted octanol–water partition coefficient (Wildman–Crippen LogP) is 6.25. The lowest BCUT2D eigenvalue weighted by Crippen LogP contribution is -2.37. The lowest BCUT2D eigenvalue weighted by Gasteiger charge is -2.38. The number of nitrogens with zero attached hydrogens (tertiary/aromatic N) is 1. The number of sulfonamides is 1. The van der Waals surface area contributed by atoms with Gasteiger partial charge in [-0.2, -0.15) is 0 Å². The molecule has 1 aliphatic heterocycles. The molecular formula is C28H34BrNO5S. The second kappa shape index (κ2) is 10.2. The van der Waals surface area contributed by atoms with Crippen LogP contribution >= 0.6 is 15.9 Å². The third-order valence-corrected chi connectivity index (χ3v) is 10.1. The van der Waals surface area contributed by atoms with Crippen LogP contribution in [0.1, 0.15) is 68.1 Å². The fourth-order valence-electron chi connectivity index (χ4n) is 5.62. The maximum absolute atomic E-state index is 13.7. The van der Waals surface area contributed by atoms with Crippen LogP contribution < -0.4 is 4.31 Å². The number of allylic oxidation sites excluding steroid dienone is 3. The summed E-state index contributed by atoms with van der Waals surface area (Å²) in [7, 11) is -3.96. The molecule has 3 atom stereocenters. The molecule has 8 heteroatoms. The summed E-state index contributed by atoms with van der Waals surface area (Å²) in [6, 6.07) is 6.63. The number of hydrogen-bond acceptors (Lipinski definition) is 5. The van der Waals surface area contributed by atoms with E-state index in [1.54, 1.807) is 24.3 Å². The Kier molecular flexibility index (Phi) is 7.60. The molecule has 36 heavy (non-hydrogen) atoms. The first kappa shape index (κ1) is 26.8. The number of phenols is 2. The number of hydrogen-bond donors (Lipinski definition) is 3. The molecule has 0 bridgehead atoms. The van der Waals surface area contributed by atoms with Gasteiger partial charge in [0.25, 0.3) is 10.0 Å². The predicted molar refractivity (Wildman–Crippen MR) is 146 cm³/mol. The minimum absolute atomic E-state index is 0.0303. The number of rotatable bonds is 6. The molecule has 0 aromatic heterocycles. The second-order valence-electron chi connectivity index (χ2n) is 10.1. The number of fused-ring (bicyclic) bond motifs is 1. The van der Waals surface area contributed by atoms with Gasteiger partial charge in [0, 0.05) is 30.2 Å². The molecule has 0 saturated carbocycles. The molecular weight excluding hydrogens is 542 g/mol. The van der Waals surface area contributed by atoms with Crippen molar-refractivity contribution in [1.29, 1.82) is 0 Å². The summed E-state index contributed by atoms with van der Waals surface area (Å²) in [5, 5.41) is 32.9. The average Bonchev–Trinajstić information content (AvgIpc) is 2.82. The molecule has 6 nitrogen and oxygen atoms in total. The van der Waals surface area contributed by atoms with Crippen LogP contribution in [0.5, 0.6) is 11.5 Å². The molecule has 1 aliphatic carbocycles. The summed E-state index contributed by atoms with van der Waals surface area (Å²) in [5.74, 6) is -0.793. The van der Waals surface area contributed by atoms with E-state index in [9.17, 15) is 23.7 Å². The standard InChI is InChI=1S/C28H34BrNO5S/c1-16(2)21-10-7-18(4)15-22(21)24-27(32)23-19(12-14-31)11-13-30(26(23)25(29)28(24)33)36(34,35)20-8-5-17(3)6-9-20/h5-6,8-9,15,19,21-22,31-33H,1,7,10-14H2,2-4H3/t19-,21-,22+/m0/s1. The fourth-order valence-corrected chi connectivity index (χ4v) is 7.89. The summed E-state index contributed by atoms with van der Waals surface area (Å²) in [6.45, 7) is 10.1. The van der Waals surface area contributed by atoms with Crippen molar-refractivity contribution in [1.82, 2.24) is 0 Å². The molecule has 0 radical (unpaired) electrons. The number of benzene rings is 2. The summed E-state index contributed by atoms with van der Waals surface area (Å²) in [5.41, 5.74) is 4.14. The van der Waals surface area contributed by atoms with E-state index >= 15 is 0 Å². The molecule has 3 N–H and O–H groups in total. The van der Waals surface area contributed by atoms with Gasteiger partial charge in [0.1, 0.15) is 11.5 Å². The van der Waals surface area contributed by atoms with Crippen LogP contribution in [0.4, 0.5) is 5.69 Å². The van der Waals surface area contributed by atoms with Crippen molar-refractivity contribution in [2.45, 2.75) is 63.2 Å². The van der Waals surface area contributed by atoms with Crippen molar-refractivity contribution in [3.05, 3.63) is 69.2 Å². The highest BCUT2D eigenvalue weighted by atomic mass is 79.9. The SMILES string of the molecule is C=C(C)[C@@H]1CCC(C)=C[C@H]1c1c(O)c(Br)c2c(c1O)[C@H](CCO)CCN2S(=O)(=O)c1ccc(C)cc1. The van der Waals surface area contributed by atoms with E-state index in [0.717, 1.165) is 24.0 Å². The van der Waals surface area contributed by atoms with Crippen LogP contribution in [-0.2, 0) is 10.0 Å².